The number of pyridine rings is 2. The summed E-state index contributed by atoms with van der Waals surface area (Å²) >= 11 is 0. The number of nitrogens with one attached hydrogen (secondary N) is 1. The lowest BCUT2D eigenvalue weighted by Crippen LogP contribution is -2.03. The van der Waals surface area contributed by atoms with E-state index >= 15 is 0 Å². The fraction of sp³-hybridized carbons (Fsp3) is 0.118. The average Bonchev–Trinajstić information content (AvgIpc) is 3.07. The van der Waals surface area contributed by atoms with Crippen LogP contribution in [0.3, 0.4) is 0 Å². The molecule has 3 rings (SSSR count). The first-order valence-corrected chi connectivity index (χ1v) is 7.48. The molecule has 1 N–H and O–H groups in total. The van der Waals surface area contributed by atoms with Crippen molar-refractivity contribution >= 4 is 36.3 Å². The molecule has 24 heavy (non-hydrogen) atoms. The largest absolute Gasteiger partial charge is 0.259 e. The van der Waals surface area contributed by atoms with Gasteiger partial charge in [-0.25, -0.2) is 4.98 Å². The van der Waals surface area contributed by atoms with Crippen molar-refractivity contribution in [1.29, 1.82) is 0 Å². The van der Waals surface area contributed by atoms with Gasteiger partial charge in [0, 0.05) is 12.4 Å². The molecule has 2 radical (unpaired) electrons. The molecule has 0 unspecified atom stereocenters. The van der Waals surface area contributed by atoms with Crippen molar-refractivity contribution < 1.29 is 0 Å². The highest BCUT2D eigenvalue weighted by atomic mass is 15.3. The molecule has 0 spiro atoms. The molecular weight excluding hydrogens is 299 g/mol. The van der Waals surface area contributed by atoms with Crippen LogP contribution >= 0.6 is 0 Å². The quantitative estimate of drug-likeness (QED) is 0.455. The maximum atomic E-state index is 5.79. The van der Waals surface area contributed by atoms with Gasteiger partial charge < -0.3 is 0 Å². The maximum Gasteiger partial charge on any atom is 0.140 e. The zero-order valence-electron chi connectivity index (χ0n) is 13.4. The molecule has 3 heterocycles. The molecule has 6 nitrogen and oxygen atoms in total. The van der Waals surface area contributed by atoms with E-state index in [4.69, 9.17) is 7.85 Å². The average molecular weight is 314 g/mol. The number of aromatic nitrogens is 5. The lowest BCUT2D eigenvalue weighted by Gasteiger charge is -2.03. The molecule has 0 amide bonds. The number of nitrogens with zero attached hydrogens (tertiary/aromatic N) is 5. The van der Waals surface area contributed by atoms with E-state index in [1.165, 1.54) is 0 Å². The van der Waals surface area contributed by atoms with Crippen LogP contribution in [0.5, 0.6) is 0 Å². The van der Waals surface area contributed by atoms with Gasteiger partial charge in [-0.05, 0) is 38.1 Å². The molecule has 0 saturated carbocycles. The molecule has 0 aliphatic carbocycles. The minimum Gasteiger partial charge on any atom is -0.259 e. The van der Waals surface area contributed by atoms with Crippen molar-refractivity contribution in [2.75, 3.05) is 0 Å². The summed E-state index contributed by atoms with van der Waals surface area (Å²) in [5.74, 6) is 0. The summed E-state index contributed by atoms with van der Waals surface area (Å²) in [7, 11) is 5.79. The van der Waals surface area contributed by atoms with Crippen LogP contribution in [0.2, 0.25) is 0 Å². The van der Waals surface area contributed by atoms with Gasteiger partial charge in [0.1, 0.15) is 19.2 Å². The van der Waals surface area contributed by atoms with E-state index in [0.29, 0.717) is 33.8 Å². The molecule has 0 aliphatic rings. The van der Waals surface area contributed by atoms with E-state index in [1.807, 2.05) is 44.2 Å². The van der Waals surface area contributed by atoms with E-state index < -0.39 is 0 Å². The topological polar surface area (TPSA) is 79.7 Å². The highest BCUT2D eigenvalue weighted by Crippen LogP contribution is 2.25. The Morgan fingerprint density at radius 1 is 1.21 bits per heavy atom. The Labute approximate surface area is 140 Å². The third-order valence-corrected chi connectivity index (χ3v) is 3.31. The van der Waals surface area contributed by atoms with Crippen LogP contribution in [-0.4, -0.2) is 39.4 Å². The smallest absolute Gasteiger partial charge is 0.140 e. The summed E-state index contributed by atoms with van der Waals surface area (Å²) in [4.78, 5) is 13.2. The van der Waals surface area contributed by atoms with Crippen molar-refractivity contribution in [1.82, 2.24) is 25.4 Å². The summed E-state index contributed by atoms with van der Waals surface area (Å²) in [5.41, 5.74) is 4.68. The summed E-state index contributed by atoms with van der Waals surface area (Å²) in [6.07, 6.45) is 9.03. The standard InChI is InChI=1S/C17H15BN6/c1-3-5-6-13(19-4-2)16-17(23-24-22-16)14-8-7-12-15(21-14)9-11(18)10-20-12/h3-10H,1-2H3,(H,22,23,24)/b5-3-,13-6-,19-4?. The van der Waals surface area contributed by atoms with Crippen molar-refractivity contribution in [3.05, 3.63) is 48.3 Å². The first-order chi connectivity index (χ1) is 11.7. The molecule has 0 aromatic carbocycles. The number of rotatable bonds is 4. The van der Waals surface area contributed by atoms with Crippen molar-refractivity contribution in [2.24, 2.45) is 4.99 Å². The Kier molecular flexibility index (Phi) is 4.60. The van der Waals surface area contributed by atoms with Crippen LogP contribution in [0.15, 0.2) is 47.6 Å². The van der Waals surface area contributed by atoms with Crippen molar-refractivity contribution in [3.63, 3.8) is 0 Å². The van der Waals surface area contributed by atoms with Gasteiger partial charge in [-0.1, -0.05) is 17.6 Å². The second kappa shape index (κ2) is 7.00. The van der Waals surface area contributed by atoms with Crippen LogP contribution in [0.25, 0.3) is 28.1 Å². The van der Waals surface area contributed by atoms with Crippen LogP contribution in [0, 0.1) is 0 Å². The molecule has 7 heteroatoms. The van der Waals surface area contributed by atoms with Crippen LogP contribution in [0.4, 0.5) is 0 Å². The minimum atomic E-state index is 0.566. The Morgan fingerprint density at radius 2 is 2.08 bits per heavy atom. The number of aliphatic imine (C=N–C) groups is 1. The summed E-state index contributed by atoms with van der Waals surface area (Å²) in [6, 6.07) is 5.52. The Bertz CT molecular complexity index is 955. The number of H-pyrrole nitrogens is 1. The number of allylic oxidation sites excluding steroid dienone is 3. The monoisotopic (exact) mass is 314 g/mol. The SMILES string of the molecule is [B]c1cnc2ccc(-c3n[nH]nc3/C(=C/C=C\C)N=CC)nc2c1. The predicted molar refractivity (Wildman–Crippen MR) is 97.3 cm³/mol. The number of fused-ring (bicyclic) bond motifs is 1. The maximum absolute atomic E-state index is 5.79. The molecule has 3 aromatic heterocycles. The fourth-order valence-corrected chi connectivity index (χ4v) is 2.25. The van der Waals surface area contributed by atoms with E-state index in [1.54, 1.807) is 18.5 Å². The van der Waals surface area contributed by atoms with E-state index in [9.17, 15) is 0 Å². The molecule has 0 bridgehead atoms. The first-order valence-electron chi connectivity index (χ1n) is 7.48. The Hall–Kier alpha value is -3.09. The minimum absolute atomic E-state index is 0.566. The molecule has 0 aliphatic heterocycles. The summed E-state index contributed by atoms with van der Waals surface area (Å²) < 4.78 is 0. The molecule has 3 aromatic rings. The molecule has 0 atom stereocenters. The molecule has 116 valence electrons. The summed E-state index contributed by atoms with van der Waals surface area (Å²) in [6.45, 7) is 3.79. The Morgan fingerprint density at radius 3 is 2.88 bits per heavy atom. The van der Waals surface area contributed by atoms with Crippen LogP contribution in [-0.2, 0) is 0 Å². The van der Waals surface area contributed by atoms with Gasteiger partial charge in [-0.15, -0.1) is 0 Å². The lowest BCUT2D eigenvalue weighted by molar-refractivity contribution is 0.936. The highest BCUT2D eigenvalue weighted by Gasteiger charge is 2.15. The number of hydrogen-bond donors (Lipinski definition) is 1. The predicted octanol–water partition coefficient (Wildman–Crippen LogP) is 2.22. The van der Waals surface area contributed by atoms with Crippen LogP contribution in [0.1, 0.15) is 19.5 Å². The fourth-order valence-electron chi connectivity index (χ4n) is 2.25. The van der Waals surface area contributed by atoms with E-state index in [2.05, 4.69) is 30.4 Å². The number of hydrogen-bond acceptors (Lipinski definition) is 5. The van der Waals surface area contributed by atoms with Crippen molar-refractivity contribution in [3.8, 4) is 11.4 Å². The zero-order valence-corrected chi connectivity index (χ0v) is 13.4. The highest BCUT2D eigenvalue weighted by molar-refractivity contribution is 6.32. The van der Waals surface area contributed by atoms with Gasteiger partial charge in [-0.3, -0.25) is 9.98 Å². The van der Waals surface area contributed by atoms with E-state index in [-0.39, 0.29) is 0 Å². The van der Waals surface area contributed by atoms with Gasteiger partial charge in [0.2, 0.25) is 0 Å². The van der Waals surface area contributed by atoms with Gasteiger partial charge in [0.05, 0.1) is 22.4 Å². The molecular formula is C17H15BN6. The second-order valence-electron chi connectivity index (χ2n) is 4.99. The number of aromatic amines is 1. The van der Waals surface area contributed by atoms with Gasteiger partial charge in [0.15, 0.2) is 0 Å². The molecule has 0 fully saturated rings. The first kappa shape index (κ1) is 15.8. The molecule has 0 saturated heterocycles. The zero-order chi connectivity index (χ0) is 16.9. The van der Waals surface area contributed by atoms with Gasteiger partial charge in [0.25, 0.3) is 0 Å². The Balaban J connectivity index is 2.12. The summed E-state index contributed by atoms with van der Waals surface area (Å²) in [5, 5.41) is 11.1. The lowest BCUT2D eigenvalue weighted by atomic mass is 9.98. The van der Waals surface area contributed by atoms with E-state index in [0.717, 1.165) is 5.52 Å². The van der Waals surface area contributed by atoms with Gasteiger partial charge >= 0.3 is 0 Å². The van der Waals surface area contributed by atoms with Gasteiger partial charge in [-0.2, -0.15) is 15.4 Å². The van der Waals surface area contributed by atoms with Crippen molar-refractivity contribution in [2.45, 2.75) is 13.8 Å². The van der Waals surface area contributed by atoms with Crippen LogP contribution < -0.4 is 5.46 Å². The second-order valence-corrected chi connectivity index (χ2v) is 4.99. The third kappa shape index (κ3) is 3.15. The third-order valence-electron chi connectivity index (χ3n) is 3.31. The normalized spacial score (nSPS) is 12.7.